The number of nitrogens with zero attached hydrogens (tertiary/aromatic N) is 3. The fraction of sp³-hybridized carbons (Fsp3) is 0.744. The molecule has 2 rings (SSSR count). The van der Waals surface area contributed by atoms with Crippen LogP contribution in [-0.4, -0.2) is 134 Å². The Labute approximate surface area is 312 Å². The molecule has 13 heteroatoms. The summed E-state index contributed by atoms with van der Waals surface area (Å²) >= 11 is 0. The van der Waals surface area contributed by atoms with Crippen molar-refractivity contribution in [2.45, 2.75) is 129 Å². The summed E-state index contributed by atoms with van der Waals surface area (Å²) in [6.45, 7) is 13.7. The molecular weight excluding hydrogens is 664 g/mol. The van der Waals surface area contributed by atoms with Crippen LogP contribution in [0.3, 0.4) is 0 Å². The zero-order valence-corrected chi connectivity index (χ0v) is 33.7. The number of carbonyl (C=O) groups excluding carboxylic acids is 4. The Bertz CT molecular complexity index is 1270. The van der Waals surface area contributed by atoms with Crippen molar-refractivity contribution in [3.05, 3.63) is 35.9 Å². The third-order valence-corrected chi connectivity index (χ3v) is 10.8. The summed E-state index contributed by atoms with van der Waals surface area (Å²) in [6, 6.07) is 5.67. The Morgan fingerprint density at radius 3 is 2.08 bits per heavy atom. The second-order valence-corrected chi connectivity index (χ2v) is 15.2. The number of methoxy groups -OCH3 is 2. The van der Waals surface area contributed by atoms with Crippen LogP contribution < -0.4 is 16.4 Å². The van der Waals surface area contributed by atoms with Crippen LogP contribution in [0.4, 0.5) is 0 Å². The fourth-order valence-corrected chi connectivity index (χ4v) is 7.69. The van der Waals surface area contributed by atoms with Gasteiger partial charge in [-0.05, 0) is 58.2 Å². The maximum Gasteiger partial charge on any atom is 0.246 e. The number of rotatable bonds is 20. The van der Waals surface area contributed by atoms with E-state index in [-0.39, 0.29) is 47.9 Å². The average Bonchev–Trinajstić information content (AvgIpc) is 3.59. The van der Waals surface area contributed by atoms with Gasteiger partial charge in [-0.2, -0.15) is 0 Å². The van der Waals surface area contributed by atoms with E-state index in [1.54, 1.807) is 44.7 Å². The highest BCUT2D eigenvalue weighted by Crippen LogP contribution is 2.30. The van der Waals surface area contributed by atoms with Crippen LogP contribution in [0.2, 0.25) is 0 Å². The smallest absolute Gasteiger partial charge is 0.246 e. The topological polar surface area (TPSA) is 167 Å². The van der Waals surface area contributed by atoms with Crippen LogP contribution in [0.15, 0.2) is 30.3 Å². The molecular formula is C39H68N6O7. The van der Waals surface area contributed by atoms with Gasteiger partial charge < -0.3 is 40.7 Å². The SMILES string of the molecule is CC[C@H](C)[C@@H]([C@@H](CC(=O)N1CCC[C@H]1[C@H](OC)[C@@H](C)C(=O)N[C@H](C)[C@@H](O)c1ccccc1)OC)N(C)C(=O)[C@@H](NC(=O)C(C(C)C)N(C)C)[C@H](C)N. The molecule has 0 saturated carbocycles. The molecule has 52 heavy (non-hydrogen) atoms. The van der Waals surface area contributed by atoms with Gasteiger partial charge in [0.2, 0.25) is 23.6 Å². The standard InChI is InChI=1S/C39H68N6O7/c1-13-24(4)34(44(10)39(50)32(26(6)40)42-38(49)33(23(2)3)43(8)9)30(51-11)22-31(46)45-21-17-20-29(45)36(52-12)25(5)37(48)41-27(7)35(47)28-18-15-14-16-19-28/h14-16,18-19,23-27,29-30,32-36,47H,13,17,20-22,40H2,1-12H3,(H,41,48)(H,42,49)/t24-,25+,26-,27+,29-,30+,32-,33?,34-,35+,36+/m0/s1. The van der Waals surface area contributed by atoms with E-state index in [0.29, 0.717) is 24.9 Å². The molecule has 1 heterocycles. The zero-order valence-electron chi connectivity index (χ0n) is 33.7. The van der Waals surface area contributed by atoms with E-state index in [2.05, 4.69) is 10.6 Å². The number of likely N-dealkylation sites (tertiary alicyclic amines) is 1. The lowest BCUT2D eigenvalue weighted by Gasteiger charge is -2.41. The van der Waals surface area contributed by atoms with Crippen molar-refractivity contribution in [3.8, 4) is 0 Å². The third kappa shape index (κ3) is 11.4. The van der Waals surface area contributed by atoms with Gasteiger partial charge in [0.25, 0.3) is 0 Å². The second kappa shape index (κ2) is 21.0. The number of hydrogen-bond donors (Lipinski definition) is 4. The minimum Gasteiger partial charge on any atom is -0.386 e. The van der Waals surface area contributed by atoms with Crippen LogP contribution in [0.25, 0.3) is 0 Å². The lowest BCUT2D eigenvalue weighted by atomic mass is 9.89. The number of aliphatic hydroxyl groups is 1. The van der Waals surface area contributed by atoms with Crippen LogP contribution in [-0.2, 0) is 28.7 Å². The number of aliphatic hydroxyl groups excluding tert-OH is 1. The highest BCUT2D eigenvalue weighted by Gasteiger charge is 2.43. The van der Waals surface area contributed by atoms with E-state index in [1.807, 2.05) is 77.0 Å². The molecule has 1 unspecified atom stereocenters. The van der Waals surface area contributed by atoms with Crippen molar-refractivity contribution in [3.63, 3.8) is 0 Å². The fourth-order valence-electron chi connectivity index (χ4n) is 7.69. The normalized spacial score (nSPS) is 20.6. The van der Waals surface area contributed by atoms with Gasteiger partial charge in [0.1, 0.15) is 6.04 Å². The first kappa shape index (κ1) is 45.1. The van der Waals surface area contributed by atoms with E-state index in [4.69, 9.17) is 15.2 Å². The Morgan fingerprint density at radius 2 is 1.58 bits per heavy atom. The number of carbonyl (C=O) groups is 4. The number of nitrogens with two attached hydrogens (primary N) is 1. The first-order valence-corrected chi connectivity index (χ1v) is 18.8. The number of benzene rings is 1. The monoisotopic (exact) mass is 733 g/mol. The number of likely N-dealkylation sites (N-methyl/N-ethyl adjacent to an activating group) is 2. The van der Waals surface area contributed by atoms with Crippen LogP contribution in [0, 0.1) is 17.8 Å². The van der Waals surface area contributed by atoms with Gasteiger partial charge in [0, 0.05) is 33.9 Å². The second-order valence-electron chi connectivity index (χ2n) is 15.2. The Hall–Kier alpha value is -3.10. The molecule has 1 saturated heterocycles. The van der Waals surface area contributed by atoms with Crippen LogP contribution >= 0.6 is 0 Å². The molecule has 1 aliphatic rings. The van der Waals surface area contributed by atoms with Crippen molar-refractivity contribution in [2.75, 3.05) is 41.9 Å². The minimum atomic E-state index is -0.979. The number of hydrogen-bond acceptors (Lipinski definition) is 9. The van der Waals surface area contributed by atoms with Gasteiger partial charge in [-0.3, -0.25) is 24.1 Å². The van der Waals surface area contributed by atoms with Crippen molar-refractivity contribution in [1.82, 2.24) is 25.3 Å². The molecule has 13 nitrogen and oxygen atoms in total. The summed E-state index contributed by atoms with van der Waals surface area (Å²) in [6.07, 6.45) is -0.00359. The molecule has 1 aromatic carbocycles. The molecule has 0 aromatic heterocycles. The zero-order chi connectivity index (χ0) is 39.4. The summed E-state index contributed by atoms with van der Waals surface area (Å²) in [5.41, 5.74) is 7.01. The van der Waals surface area contributed by atoms with E-state index in [1.165, 1.54) is 7.11 Å². The van der Waals surface area contributed by atoms with E-state index in [9.17, 15) is 24.3 Å². The molecule has 0 bridgehead atoms. The summed E-state index contributed by atoms with van der Waals surface area (Å²) < 4.78 is 11.9. The van der Waals surface area contributed by atoms with E-state index >= 15 is 0 Å². The molecule has 1 fully saturated rings. The number of ether oxygens (including phenoxy) is 2. The van der Waals surface area contributed by atoms with Crippen LogP contribution in [0.5, 0.6) is 0 Å². The average molecular weight is 733 g/mol. The van der Waals surface area contributed by atoms with Crippen molar-refractivity contribution < 1.29 is 33.8 Å². The highest BCUT2D eigenvalue weighted by molar-refractivity contribution is 5.90. The van der Waals surface area contributed by atoms with Gasteiger partial charge in [-0.15, -0.1) is 0 Å². The number of nitrogens with one attached hydrogen (secondary N) is 2. The molecule has 1 aromatic rings. The third-order valence-electron chi connectivity index (χ3n) is 10.8. The molecule has 0 aliphatic carbocycles. The van der Waals surface area contributed by atoms with Crippen molar-refractivity contribution in [1.29, 1.82) is 0 Å². The molecule has 0 radical (unpaired) electrons. The lowest BCUT2D eigenvalue weighted by Crippen LogP contribution is -2.62. The molecule has 0 spiro atoms. The first-order chi connectivity index (χ1) is 24.4. The van der Waals surface area contributed by atoms with Gasteiger partial charge in [0.05, 0.1) is 54.8 Å². The summed E-state index contributed by atoms with van der Waals surface area (Å²) in [5, 5.41) is 16.7. The first-order valence-electron chi connectivity index (χ1n) is 18.8. The van der Waals surface area contributed by atoms with Gasteiger partial charge in [0.15, 0.2) is 0 Å². The lowest BCUT2D eigenvalue weighted by molar-refractivity contribution is -0.147. The number of amides is 4. The Balaban J connectivity index is 2.25. The van der Waals surface area contributed by atoms with Gasteiger partial charge in [-0.25, -0.2) is 0 Å². The quantitative estimate of drug-likeness (QED) is 0.158. The molecule has 5 N–H and O–H groups in total. The summed E-state index contributed by atoms with van der Waals surface area (Å²) in [5.74, 6) is -1.73. The van der Waals surface area contributed by atoms with Gasteiger partial charge >= 0.3 is 0 Å². The van der Waals surface area contributed by atoms with Crippen LogP contribution in [0.1, 0.15) is 85.8 Å². The summed E-state index contributed by atoms with van der Waals surface area (Å²) in [4.78, 5) is 60.2. The largest absolute Gasteiger partial charge is 0.386 e. The highest BCUT2D eigenvalue weighted by atomic mass is 16.5. The maximum absolute atomic E-state index is 14.1. The van der Waals surface area contributed by atoms with Crippen molar-refractivity contribution >= 4 is 23.6 Å². The van der Waals surface area contributed by atoms with Gasteiger partial charge in [-0.1, -0.05) is 71.4 Å². The van der Waals surface area contributed by atoms with Crippen molar-refractivity contribution in [2.24, 2.45) is 23.5 Å². The minimum absolute atomic E-state index is 0.00218. The maximum atomic E-state index is 14.1. The predicted molar refractivity (Wildman–Crippen MR) is 203 cm³/mol. The Morgan fingerprint density at radius 1 is 0.962 bits per heavy atom. The molecule has 1 aliphatic heterocycles. The predicted octanol–water partition coefficient (Wildman–Crippen LogP) is 2.56. The molecule has 11 atom stereocenters. The van der Waals surface area contributed by atoms with E-state index in [0.717, 1.165) is 6.42 Å². The summed E-state index contributed by atoms with van der Waals surface area (Å²) in [7, 11) is 8.42. The molecule has 296 valence electrons. The van der Waals surface area contributed by atoms with E-state index < -0.39 is 54.4 Å². The Kier molecular flexibility index (Phi) is 18.2. The molecule has 4 amide bonds.